The molecule has 1 aromatic carbocycles. The van der Waals surface area contributed by atoms with Gasteiger partial charge in [0.05, 0.1) is 3.57 Å². The van der Waals surface area contributed by atoms with E-state index in [2.05, 4.69) is 9.47 Å². The molecule has 0 atom stereocenters. The summed E-state index contributed by atoms with van der Waals surface area (Å²) in [6.45, 7) is 0. The van der Waals surface area contributed by atoms with Crippen molar-refractivity contribution in [3.8, 4) is 11.5 Å². The fourth-order valence-corrected chi connectivity index (χ4v) is 1.56. The van der Waals surface area contributed by atoms with Gasteiger partial charge >= 0.3 is 24.3 Å². The fraction of sp³-hybridized carbons (Fsp3) is 0.200. The third-order valence-electron chi connectivity index (χ3n) is 1.79. The molecule has 1 aromatic rings. The van der Waals surface area contributed by atoms with Crippen LogP contribution in [-0.2, 0) is 28.1 Å². The Hall–Kier alpha value is -0.946. The third kappa shape index (κ3) is 5.68. The van der Waals surface area contributed by atoms with E-state index in [0.717, 1.165) is 18.2 Å². The van der Waals surface area contributed by atoms with Crippen LogP contribution in [0, 0.1) is 3.57 Å². The summed E-state index contributed by atoms with van der Waals surface area (Å²) in [6, 6.07) is 3.00. The predicted octanol–water partition coefficient (Wildman–Crippen LogP) is 3.22. The Morgan fingerprint density at radius 1 is 0.909 bits per heavy atom. The molecule has 0 fully saturated rings. The van der Waals surface area contributed by atoms with Gasteiger partial charge in [0.15, 0.2) is 11.5 Å². The van der Waals surface area contributed by atoms with Crippen molar-refractivity contribution in [2.75, 3.05) is 0 Å². The van der Waals surface area contributed by atoms with Gasteiger partial charge < -0.3 is 9.47 Å². The topological polar surface area (TPSA) is 52.6 Å². The maximum Gasteiger partial charge on any atom is 0.491 e. The van der Waals surface area contributed by atoms with Crippen LogP contribution in [0.2, 0.25) is 0 Å². The van der Waals surface area contributed by atoms with Crippen LogP contribution in [0.4, 0.5) is 26.3 Å². The van der Waals surface area contributed by atoms with E-state index in [4.69, 9.17) is 0 Å². The summed E-state index contributed by atoms with van der Waals surface area (Å²) in [5.74, 6) is -7.20. The minimum Gasteiger partial charge on any atom is -0.416 e. The van der Waals surface area contributed by atoms with Gasteiger partial charge in [0, 0.05) is 18.6 Å². The van der Waals surface area contributed by atoms with Crippen LogP contribution in [0.5, 0.6) is 11.5 Å². The van der Waals surface area contributed by atoms with E-state index in [-0.39, 0.29) is 22.1 Å². The van der Waals surface area contributed by atoms with E-state index < -0.39 is 35.8 Å². The van der Waals surface area contributed by atoms with E-state index >= 15 is 0 Å². The smallest absolute Gasteiger partial charge is 0.416 e. The van der Waals surface area contributed by atoms with Crippen LogP contribution in [-0.4, -0.2) is 24.3 Å². The Morgan fingerprint density at radius 2 is 1.36 bits per heavy atom. The van der Waals surface area contributed by atoms with Gasteiger partial charge in [-0.05, 0) is 34.7 Å². The number of carbonyl (C=O) groups excluding carboxylic acids is 2. The normalized spacial score (nSPS) is 11.4. The number of rotatable bonds is 2. The molecule has 0 aliphatic heterocycles. The number of esters is 2. The van der Waals surface area contributed by atoms with Crippen LogP contribution in [0.15, 0.2) is 18.2 Å². The molecule has 0 spiro atoms. The molecule has 0 heterocycles. The molecule has 4 nitrogen and oxygen atoms in total. The second kappa shape index (κ2) is 7.55. The van der Waals surface area contributed by atoms with Crippen molar-refractivity contribution in [3.63, 3.8) is 0 Å². The molecule has 0 bridgehead atoms. The van der Waals surface area contributed by atoms with Crippen molar-refractivity contribution in [2.45, 2.75) is 12.4 Å². The minimum absolute atomic E-state index is 0. The second-order valence-electron chi connectivity index (χ2n) is 3.34. The molecule has 0 aliphatic rings. The molecule has 12 heteroatoms. The molecule has 0 saturated heterocycles. The number of halogens is 7. The van der Waals surface area contributed by atoms with Crippen LogP contribution >= 0.6 is 22.6 Å². The van der Waals surface area contributed by atoms with Gasteiger partial charge in [0.1, 0.15) is 0 Å². The Bertz CT molecular complexity index is 572. The minimum atomic E-state index is -5.36. The van der Waals surface area contributed by atoms with Crippen molar-refractivity contribution >= 4 is 34.5 Å². The Labute approximate surface area is 144 Å². The molecule has 1 rings (SSSR count). The molecule has 0 aromatic heterocycles. The zero-order valence-electron chi connectivity index (χ0n) is 9.96. The Balaban J connectivity index is 0.00000441. The van der Waals surface area contributed by atoms with Crippen molar-refractivity contribution in [1.82, 2.24) is 0 Å². The number of ether oxygens (including phenoxy) is 2. The average molecular weight is 479 g/mol. The monoisotopic (exact) mass is 479 g/mol. The number of para-hydroxylation sites is 1. The molecule has 121 valence electrons. The number of hydrogen-bond donors (Lipinski definition) is 0. The van der Waals surface area contributed by atoms with Gasteiger partial charge in [-0.15, -0.1) is 0 Å². The standard InChI is InChI=1S/C10H3F6IO4.V/c11-9(12,13)7(18)20-5-3-1-2-4(17)6(5)21-8(19)10(14,15)16;/h1-3H;. The van der Waals surface area contributed by atoms with Crippen LogP contribution in [0.25, 0.3) is 0 Å². The number of hydrogen-bond acceptors (Lipinski definition) is 4. The zero-order chi connectivity index (χ0) is 16.4. The van der Waals surface area contributed by atoms with Gasteiger partial charge in [-0.2, -0.15) is 26.3 Å². The van der Waals surface area contributed by atoms with Crippen molar-refractivity contribution in [1.29, 1.82) is 0 Å². The Morgan fingerprint density at radius 3 is 1.82 bits per heavy atom. The molecular formula is C10H3F6IO4V. The van der Waals surface area contributed by atoms with E-state index in [1.54, 1.807) is 0 Å². The number of carbonyl (C=O) groups is 2. The summed E-state index contributed by atoms with van der Waals surface area (Å²) in [6.07, 6.45) is -10.7. The van der Waals surface area contributed by atoms with Gasteiger partial charge in [-0.25, -0.2) is 9.59 Å². The summed E-state index contributed by atoms with van der Waals surface area (Å²) in [4.78, 5) is 21.4. The quantitative estimate of drug-likeness (QED) is 0.283. The van der Waals surface area contributed by atoms with E-state index in [1.165, 1.54) is 22.6 Å². The first-order valence-corrected chi connectivity index (χ1v) is 5.87. The molecule has 1 radical (unpaired) electrons. The first-order chi connectivity index (χ1) is 9.43. The SMILES string of the molecule is O=C(Oc1cccc(I)c1OC(=O)C(F)(F)F)C(F)(F)F.[V]. The van der Waals surface area contributed by atoms with E-state index in [1.807, 2.05) is 0 Å². The van der Waals surface area contributed by atoms with Crippen molar-refractivity contribution < 1.29 is 64.0 Å². The largest absolute Gasteiger partial charge is 0.491 e. The molecule has 0 N–H and O–H groups in total. The summed E-state index contributed by atoms with van der Waals surface area (Å²) in [5.41, 5.74) is 0. The summed E-state index contributed by atoms with van der Waals surface area (Å²) >= 11 is 1.40. The van der Waals surface area contributed by atoms with Crippen molar-refractivity contribution in [3.05, 3.63) is 21.8 Å². The van der Waals surface area contributed by atoms with E-state index in [9.17, 15) is 35.9 Å². The van der Waals surface area contributed by atoms with Gasteiger partial charge in [-0.3, -0.25) is 0 Å². The Kier molecular flexibility index (Phi) is 7.23. The molecule has 0 aliphatic carbocycles. The second-order valence-corrected chi connectivity index (χ2v) is 4.50. The number of benzene rings is 1. The fourth-order valence-electron chi connectivity index (χ4n) is 0.977. The molecular weight excluding hydrogens is 476 g/mol. The van der Waals surface area contributed by atoms with Crippen molar-refractivity contribution in [2.24, 2.45) is 0 Å². The molecule has 22 heavy (non-hydrogen) atoms. The van der Waals surface area contributed by atoms with Crippen LogP contribution in [0.1, 0.15) is 0 Å². The molecule has 0 amide bonds. The van der Waals surface area contributed by atoms with Gasteiger partial charge in [0.25, 0.3) is 0 Å². The van der Waals surface area contributed by atoms with E-state index in [0.29, 0.717) is 0 Å². The first-order valence-electron chi connectivity index (χ1n) is 4.79. The maximum atomic E-state index is 12.1. The maximum absolute atomic E-state index is 12.1. The van der Waals surface area contributed by atoms with Gasteiger partial charge in [-0.1, -0.05) is 6.07 Å². The zero-order valence-corrected chi connectivity index (χ0v) is 13.5. The predicted molar refractivity (Wildman–Crippen MR) is 62.5 cm³/mol. The average Bonchev–Trinajstić information content (AvgIpc) is 2.30. The summed E-state index contributed by atoms with van der Waals surface area (Å²) < 4.78 is 80.1. The summed E-state index contributed by atoms with van der Waals surface area (Å²) in [5, 5.41) is 0. The number of alkyl halides is 6. The van der Waals surface area contributed by atoms with Crippen LogP contribution in [0.3, 0.4) is 0 Å². The third-order valence-corrected chi connectivity index (χ3v) is 2.64. The summed E-state index contributed by atoms with van der Waals surface area (Å²) in [7, 11) is 0. The first kappa shape index (κ1) is 21.1. The molecule has 0 saturated carbocycles. The van der Waals surface area contributed by atoms with Gasteiger partial charge in [0.2, 0.25) is 0 Å². The molecule has 0 unspecified atom stereocenters. The van der Waals surface area contributed by atoms with Crippen LogP contribution < -0.4 is 9.47 Å².